The maximum absolute atomic E-state index is 12.0. The third-order valence-electron chi connectivity index (χ3n) is 2.83. The number of hydrogen-bond donors (Lipinski definition) is 1. The molecule has 1 aromatic carbocycles. The average molecular weight is 229 g/mol. The molecule has 1 aromatic heterocycles. The van der Waals surface area contributed by atoms with Gasteiger partial charge < -0.3 is 5.32 Å². The van der Waals surface area contributed by atoms with Gasteiger partial charge >= 0.3 is 0 Å². The third-order valence-corrected chi connectivity index (χ3v) is 3.82. The predicted molar refractivity (Wildman–Crippen MR) is 66.1 cm³/mol. The molecule has 80 valence electrons. The van der Waals surface area contributed by atoms with E-state index in [1.54, 1.807) is 11.3 Å². The highest BCUT2D eigenvalue weighted by atomic mass is 32.1. The SMILES string of the molecule is O=C1CC(c2cccs2)Nc2ccccc21. The number of para-hydroxylation sites is 1. The Labute approximate surface area is 97.9 Å². The molecule has 1 aliphatic heterocycles. The van der Waals surface area contributed by atoms with Crippen molar-refractivity contribution >= 4 is 22.8 Å². The second-order valence-corrected chi connectivity index (χ2v) is 4.86. The highest BCUT2D eigenvalue weighted by Gasteiger charge is 2.25. The molecule has 1 unspecified atom stereocenters. The van der Waals surface area contributed by atoms with Crippen LogP contribution in [0.15, 0.2) is 41.8 Å². The minimum Gasteiger partial charge on any atom is -0.376 e. The van der Waals surface area contributed by atoms with Crippen LogP contribution in [0.25, 0.3) is 0 Å². The number of benzene rings is 1. The van der Waals surface area contributed by atoms with E-state index in [9.17, 15) is 4.79 Å². The fourth-order valence-electron chi connectivity index (χ4n) is 2.05. The second-order valence-electron chi connectivity index (χ2n) is 3.89. The van der Waals surface area contributed by atoms with Crippen molar-refractivity contribution in [2.24, 2.45) is 0 Å². The lowest BCUT2D eigenvalue weighted by molar-refractivity contribution is 0.0972. The molecule has 0 amide bonds. The summed E-state index contributed by atoms with van der Waals surface area (Å²) < 4.78 is 0. The lowest BCUT2D eigenvalue weighted by Crippen LogP contribution is -2.21. The summed E-state index contributed by atoms with van der Waals surface area (Å²) in [6.45, 7) is 0. The zero-order chi connectivity index (χ0) is 11.0. The number of carbonyl (C=O) groups excluding carboxylic acids is 1. The average Bonchev–Trinajstić information content (AvgIpc) is 2.82. The Morgan fingerprint density at radius 1 is 1.19 bits per heavy atom. The molecule has 2 nitrogen and oxygen atoms in total. The Hall–Kier alpha value is -1.61. The number of ketones is 1. The molecule has 1 atom stereocenters. The van der Waals surface area contributed by atoms with Crippen molar-refractivity contribution in [2.45, 2.75) is 12.5 Å². The molecule has 0 bridgehead atoms. The number of carbonyl (C=O) groups is 1. The van der Waals surface area contributed by atoms with Crippen LogP contribution in [0.3, 0.4) is 0 Å². The van der Waals surface area contributed by atoms with E-state index in [-0.39, 0.29) is 11.8 Å². The van der Waals surface area contributed by atoms with Gasteiger partial charge in [-0.05, 0) is 23.6 Å². The molecule has 0 radical (unpaired) electrons. The zero-order valence-electron chi connectivity index (χ0n) is 8.64. The van der Waals surface area contributed by atoms with Gasteiger partial charge in [-0.2, -0.15) is 0 Å². The van der Waals surface area contributed by atoms with E-state index in [4.69, 9.17) is 0 Å². The van der Waals surface area contributed by atoms with Crippen LogP contribution in [0.2, 0.25) is 0 Å². The van der Waals surface area contributed by atoms with Gasteiger partial charge in [-0.25, -0.2) is 0 Å². The topological polar surface area (TPSA) is 29.1 Å². The first-order chi connectivity index (χ1) is 7.84. The van der Waals surface area contributed by atoms with Crippen LogP contribution >= 0.6 is 11.3 Å². The largest absolute Gasteiger partial charge is 0.376 e. The van der Waals surface area contributed by atoms with Gasteiger partial charge in [-0.15, -0.1) is 11.3 Å². The maximum Gasteiger partial charge on any atom is 0.167 e. The molecule has 2 heterocycles. The van der Waals surface area contributed by atoms with Crippen molar-refractivity contribution < 1.29 is 4.79 Å². The monoisotopic (exact) mass is 229 g/mol. The molecular weight excluding hydrogens is 218 g/mol. The summed E-state index contributed by atoms with van der Waals surface area (Å²) in [5, 5.41) is 5.46. The van der Waals surface area contributed by atoms with E-state index in [1.807, 2.05) is 35.7 Å². The number of thiophene rings is 1. The van der Waals surface area contributed by atoms with Crippen LogP contribution in [0, 0.1) is 0 Å². The van der Waals surface area contributed by atoms with E-state index in [2.05, 4.69) is 11.4 Å². The van der Waals surface area contributed by atoms with E-state index in [0.717, 1.165) is 11.3 Å². The predicted octanol–water partition coefficient (Wildman–Crippen LogP) is 3.49. The summed E-state index contributed by atoms with van der Waals surface area (Å²) >= 11 is 1.69. The lowest BCUT2D eigenvalue weighted by atomic mass is 9.96. The number of Topliss-reactive ketones (excluding diaryl/α,β-unsaturated/α-hetero) is 1. The second kappa shape index (κ2) is 3.76. The minimum atomic E-state index is 0.141. The quantitative estimate of drug-likeness (QED) is 0.811. The summed E-state index contributed by atoms with van der Waals surface area (Å²) in [5.74, 6) is 0.229. The molecule has 1 N–H and O–H groups in total. The molecule has 0 aliphatic carbocycles. The van der Waals surface area contributed by atoms with Crippen LogP contribution < -0.4 is 5.32 Å². The van der Waals surface area contributed by atoms with Gasteiger partial charge in [0.05, 0.1) is 6.04 Å². The third kappa shape index (κ3) is 1.53. The van der Waals surface area contributed by atoms with Gasteiger partial charge in [-0.1, -0.05) is 18.2 Å². The number of fused-ring (bicyclic) bond motifs is 1. The molecule has 3 rings (SSSR count). The smallest absolute Gasteiger partial charge is 0.167 e. The number of anilines is 1. The Morgan fingerprint density at radius 3 is 2.88 bits per heavy atom. The van der Waals surface area contributed by atoms with E-state index in [0.29, 0.717) is 6.42 Å². The highest BCUT2D eigenvalue weighted by Crippen LogP contribution is 2.33. The number of nitrogens with one attached hydrogen (secondary N) is 1. The summed E-state index contributed by atoms with van der Waals surface area (Å²) in [5.41, 5.74) is 1.77. The zero-order valence-corrected chi connectivity index (χ0v) is 9.46. The molecule has 3 heteroatoms. The van der Waals surface area contributed by atoms with Gasteiger partial charge in [0, 0.05) is 22.5 Å². The van der Waals surface area contributed by atoms with Crippen molar-refractivity contribution in [3.63, 3.8) is 0 Å². The minimum absolute atomic E-state index is 0.141. The lowest BCUT2D eigenvalue weighted by Gasteiger charge is -2.25. The van der Waals surface area contributed by atoms with Crippen molar-refractivity contribution in [1.82, 2.24) is 0 Å². The van der Waals surface area contributed by atoms with Gasteiger partial charge in [0.15, 0.2) is 5.78 Å². The molecule has 0 saturated heterocycles. The first-order valence-electron chi connectivity index (χ1n) is 5.27. The summed E-state index contributed by atoms with van der Waals surface area (Å²) in [6.07, 6.45) is 0.553. The molecule has 0 spiro atoms. The Bertz CT molecular complexity index is 518. The van der Waals surface area contributed by atoms with Crippen molar-refractivity contribution in [1.29, 1.82) is 0 Å². The summed E-state index contributed by atoms with van der Waals surface area (Å²) in [7, 11) is 0. The molecule has 2 aromatic rings. The first kappa shape index (κ1) is 9.60. The van der Waals surface area contributed by atoms with Crippen LogP contribution in [0.5, 0.6) is 0 Å². The number of rotatable bonds is 1. The molecule has 16 heavy (non-hydrogen) atoms. The Balaban J connectivity index is 1.98. The fraction of sp³-hybridized carbons (Fsp3) is 0.154. The molecular formula is C13H11NOS. The Morgan fingerprint density at radius 2 is 2.06 bits per heavy atom. The van der Waals surface area contributed by atoms with Crippen LogP contribution in [-0.2, 0) is 0 Å². The fourth-order valence-corrected chi connectivity index (χ4v) is 2.83. The maximum atomic E-state index is 12.0. The van der Waals surface area contributed by atoms with Crippen LogP contribution in [0.1, 0.15) is 27.7 Å². The van der Waals surface area contributed by atoms with Crippen molar-refractivity contribution in [2.75, 3.05) is 5.32 Å². The van der Waals surface area contributed by atoms with Crippen LogP contribution in [0.4, 0.5) is 5.69 Å². The van der Waals surface area contributed by atoms with Gasteiger partial charge in [0.25, 0.3) is 0 Å². The van der Waals surface area contributed by atoms with Gasteiger partial charge in [-0.3, -0.25) is 4.79 Å². The van der Waals surface area contributed by atoms with E-state index in [1.165, 1.54) is 4.88 Å². The first-order valence-corrected chi connectivity index (χ1v) is 6.15. The van der Waals surface area contributed by atoms with Gasteiger partial charge in [0.2, 0.25) is 0 Å². The van der Waals surface area contributed by atoms with Crippen molar-refractivity contribution in [3.05, 3.63) is 52.2 Å². The Kier molecular flexibility index (Phi) is 2.26. The normalized spacial score (nSPS) is 19.0. The summed E-state index contributed by atoms with van der Waals surface area (Å²) in [6, 6.07) is 11.9. The van der Waals surface area contributed by atoms with Crippen molar-refractivity contribution in [3.8, 4) is 0 Å². The molecule has 1 aliphatic rings. The van der Waals surface area contributed by atoms with Gasteiger partial charge in [0.1, 0.15) is 0 Å². The van der Waals surface area contributed by atoms with E-state index < -0.39 is 0 Å². The molecule has 0 saturated carbocycles. The molecule has 0 fully saturated rings. The van der Waals surface area contributed by atoms with Crippen LogP contribution in [-0.4, -0.2) is 5.78 Å². The highest BCUT2D eigenvalue weighted by molar-refractivity contribution is 7.10. The van der Waals surface area contributed by atoms with E-state index >= 15 is 0 Å². The number of hydrogen-bond acceptors (Lipinski definition) is 3. The summed E-state index contributed by atoms with van der Waals surface area (Å²) in [4.78, 5) is 13.2. The standard InChI is InChI=1S/C13H11NOS/c15-12-8-11(13-6-3-7-16-13)14-10-5-2-1-4-9(10)12/h1-7,11,14H,8H2.